The first-order chi connectivity index (χ1) is 7.50. The van der Waals surface area contributed by atoms with Gasteiger partial charge < -0.3 is 10.2 Å². The van der Waals surface area contributed by atoms with Crippen LogP contribution in [0.25, 0.3) is 0 Å². The maximum atomic E-state index is 12.5. The highest BCUT2D eigenvalue weighted by atomic mass is 35.7. The van der Waals surface area contributed by atoms with Crippen LogP contribution in [0.15, 0.2) is 12.1 Å². The smallest absolute Gasteiger partial charge is 0.416 e. The van der Waals surface area contributed by atoms with E-state index in [4.69, 9.17) is 20.9 Å². The molecule has 0 atom stereocenters. The van der Waals surface area contributed by atoms with Crippen LogP contribution < -0.4 is 0 Å². The van der Waals surface area contributed by atoms with Crippen LogP contribution in [0.2, 0.25) is 0 Å². The van der Waals surface area contributed by atoms with Gasteiger partial charge in [0.1, 0.15) is 0 Å². The van der Waals surface area contributed by atoms with E-state index in [-0.39, 0.29) is 6.07 Å². The minimum absolute atomic E-state index is 0.243. The molecule has 0 fully saturated rings. The number of hydrogen-bond donors (Lipinski definition) is 2. The molecule has 0 amide bonds. The molecule has 1 aromatic rings. The third-order valence-electron chi connectivity index (χ3n) is 1.83. The van der Waals surface area contributed by atoms with Crippen molar-refractivity contribution in [3.63, 3.8) is 0 Å². The summed E-state index contributed by atoms with van der Waals surface area (Å²) in [6.45, 7) is 0. The molecule has 1 rings (SSSR count). The van der Waals surface area contributed by atoms with Gasteiger partial charge in [-0.3, -0.25) is 0 Å². The first-order valence-corrected chi connectivity index (χ1v) is 6.53. The van der Waals surface area contributed by atoms with Crippen molar-refractivity contribution in [2.45, 2.75) is 11.9 Å². The van der Waals surface area contributed by atoms with Crippen LogP contribution in [0.5, 0.6) is 11.5 Å². The van der Waals surface area contributed by atoms with Gasteiger partial charge in [-0.2, -0.15) is 13.2 Å². The molecule has 0 saturated heterocycles. The Balaban J connectivity index is 3.42. The van der Waals surface area contributed by atoms with Gasteiger partial charge in [0, 0.05) is 10.7 Å². The van der Waals surface area contributed by atoms with Crippen LogP contribution in [0, 0.1) is 0 Å². The number of alkyl halides is 3. The number of aromatic hydroxyl groups is 2. The zero-order chi connectivity index (χ0) is 13.4. The monoisotopic (exact) mass is 290 g/mol. The maximum Gasteiger partial charge on any atom is 0.416 e. The molecule has 0 saturated carbocycles. The van der Waals surface area contributed by atoms with Gasteiger partial charge in [-0.25, -0.2) is 8.42 Å². The lowest BCUT2D eigenvalue weighted by Gasteiger charge is -2.13. The van der Waals surface area contributed by atoms with E-state index in [1.807, 2.05) is 0 Å². The predicted molar refractivity (Wildman–Crippen MR) is 53.3 cm³/mol. The lowest BCUT2D eigenvalue weighted by molar-refractivity contribution is -0.138. The quantitative estimate of drug-likeness (QED) is 0.647. The SMILES string of the molecule is O=S(=O)(Cl)Cc1cc(O)c(O)cc1C(F)(F)F. The van der Waals surface area contributed by atoms with Gasteiger partial charge in [0.2, 0.25) is 9.05 Å². The Morgan fingerprint density at radius 1 is 1.18 bits per heavy atom. The molecule has 0 heterocycles. The topological polar surface area (TPSA) is 74.6 Å². The Hall–Kier alpha value is -1.15. The van der Waals surface area contributed by atoms with E-state index >= 15 is 0 Å². The molecule has 0 aromatic heterocycles. The second-order valence-electron chi connectivity index (χ2n) is 3.18. The van der Waals surface area contributed by atoms with Gasteiger partial charge in [0.25, 0.3) is 0 Å². The van der Waals surface area contributed by atoms with Gasteiger partial charge in [-0.05, 0) is 17.7 Å². The number of halogens is 4. The van der Waals surface area contributed by atoms with Gasteiger partial charge in [0.15, 0.2) is 11.5 Å². The number of hydrogen-bond acceptors (Lipinski definition) is 4. The summed E-state index contributed by atoms with van der Waals surface area (Å²) in [6.07, 6.45) is -4.86. The summed E-state index contributed by atoms with van der Waals surface area (Å²) < 4.78 is 59.0. The fourth-order valence-corrected chi connectivity index (χ4v) is 2.15. The molecule has 9 heteroatoms. The Morgan fingerprint density at radius 3 is 2.06 bits per heavy atom. The van der Waals surface area contributed by atoms with Crippen molar-refractivity contribution in [1.82, 2.24) is 0 Å². The van der Waals surface area contributed by atoms with Crippen molar-refractivity contribution in [2.75, 3.05) is 0 Å². The molecule has 4 nitrogen and oxygen atoms in total. The van der Waals surface area contributed by atoms with Crippen LogP contribution in [0.3, 0.4) is 0 Å². The van der Waals surface area contributed by atoms with Crippen LogP contribution in [-0.4, -0.2) is 18.6 Å². The van der Waals surface area contributed by atoms with Crippen LogP contribution in [0.4, 0.5) is 13.2 Å². The van der Waals surface area contributed by atoms with E-state index in [1.54, 1.807) is 0 Å². The van der Waals surface area contributed by atoms with Crippen molar-refractivity contribution in [3.05, 3.63) is 23.3 Å². The Bertz CT molecular complexity index is 538. The molecule has 1 aromatic carbocycles. The molecular formula is C8H6ClF3O4S. The van der Waals surface area contributed by atoms with E-state index < -0.39 is 43.6 Å². The zero-order valence-electron chi connectivity index (χ0n) is 7.99. The van der Waals surface area contributed by atoms with Crippen molar-refractivity contribution in [3.8, 4) is 11.5 Å². The van der Waals surface area contributed by atoms with Crippen molar-refractivity contribution < 1.29 is 31.8 Å². The van der Waals surface area contributed by atoms with E-state index in [0.717, 1.165) is 0 Å². The largest absolute Gasteiger partial charge is 0.504 e. The van der Waals surface area contributed by atoms with E-state index in [9.17, 15) is 21.6 Å². The fraction of sp³-hybridized carbons (Fsp3) is 0.250. The van der Waals surface area contributed by atoms with Gasteiger partial charge in [-0.15, -0.1) is 0 Å². The number of phenolic OH excluding ortho intramolecular Hbond substituents is 2. The summed E-state index contributed by atoms with van der Waals surface area (Å²) >= 11 is 0. The summed E-state index contributed by atoms with van der Waals surface area (Å²) in [5, 5.41) is 18.0. The maximum absolute atomic E-state index is 12.5. The van der Waals surface area contributed by atoms with Gasteiger partial charge in [-0.1, -0.05) is 0 Å². The van der Waals surface area contributed by atoms with Gasteiger partial charge in [0.05, 0.1) is 11.3 Å². The third-order valence-corrected chi connectivity index (χ3v) is 2.82. The molecule has 96 valence electrons. The molecule has 0 spiro atoms. The number of rotatable bonds is 2. The minimum atomic E-state index is -4.86. The Labute approximate surface area is 98.7 Å². The van der Waals surface area contributed by atoms with E-state index in [0.29, 0.717) is 6.07 Å². The average Bonchev–Trinajstić information content (AvgIpc) is 2.06. The number of phenols is 2. The summed E-state index contributed by atoms with van der Waals surface area (Å²) in [6, 6.07) is 0.755. The van der Waals surface area contributed by atoms with Gasteiger partial charge >= 0.3 is 6.18 Å². The first kappa shape index (κ1) is 13.9. The second-order valence-corrected chi connectivity index (χ2v) is 5.96. The number of benzene rings is 1. The zero-order valence-corrected chi connectivity index (χ0v) is 9.57. The van der Waals surface area contributed by atoms with E-state index in [1.165, 1.54) is 0 Å². The molecular weight excluding hydrogens is 285 g/mol. The highest BCUT2D eigenvalue weighted by Gasteiger charge is 2.35. The van der Waals surface area contributed by atoms with Crippen molar-refractivity contribution in [2.24, 2.45) is 0 Å². The van der Waals surface area contributed by atoms with Crippen LogP contribution >= 0.6 is 10.7 Å². The fourth-order valence-electron chi connectivity index (χ4n) is 1.19. The lowest BCUT2D eigenvalue weighted by Crippen LogP contribution is -2.10. The highest BCUT2D eigenvalue weighted by Crippen LogP contribution is 2.39. The second kappa shape index (κ2) is 4.26. The molecule has 0 radical (unpaired) electrons. The van der Waals surface area contributed by atoms with Crippen molar-refractivity contribution in [1.29, 1.82) is 0 Å². The summed E-state index contributed by atoms with van der Waals surface area (Å²) in [4.78, 5) is 0. The Morgan fingerprint density at radius 2 is 1.65 bits per heavy atom. The first-order valence-electron chi connectivity index (χ1n) is 4.05. The molecule has 0 aliphatic carbocycles. The average molecular weight is 291 g/mol. The van der Waals surface area contributed by atoms with Crippen LogP contribution in [-0.2, 0) is 21.0 Å². The normalized spacial score (nSPS) is 12.7. The van der Waals surface area contributed by atoms with E-state index in [2.05, 4.69) is 0 Å². The van der Waals surface area contributed by atoms with Crippen molar-refractivity contribution >= 4 is 19.7 Å². The molecule has 0 unspecified atom stereocenters. The molecule has 17 heavy (non-hydrogen) atoms. The summed E-state index contributed by atoms with van der Waals surface area (Å²) in [5.74, 6) is -2.95. The standard InChI is InChI=1S/C8H6ClF3O4S/c9-17(15,16)3-4-1-6(13)7(14)2-5(4)8(10,11)12/h1-2,13-14H,3H2. The third kappa shape index (κ3) is 3.67. The molecule has 0 aliphatic rings. The summed E-state index contributed by atoms with van der Waals surface area (Å²) in [7, 11) is 0.633. The lowest BCUT2D eigenvalue weighted by atomic mass is 10.1. The molecule has 0 bridgehead atoms. The minimum Gasteiger partial charge on any atom is -0.504 e. The predicted octanol–water partition coefficient (Wildman–Crippen LogP) is 2.19. The van der Waals surface area contributed by atoms with Crippen LogP contribution in [0.1, 0.15) is 11.1 Å². The Kier molecular flexibility index (Phi) is 3.49. The summed E-state index contributed by atoms with van der Waals surface area (Å²) in [5.41, 5.74) is -2.10. The highest BCUT2D eigenvalue weighted by molar-refractivity contribution is 8.13. The molecule has 2 N–H and O–H groups in total. The molecule has 0 aliphatic heterocycles.